The quantitative estimate of drug-likeness (QED) is 0.821. The van der Waals surface area contributed by atoms with Gasteiger partial charge in [0.15, 0.2) is 5.82 Å². The lowest BCUT2D eigenvalue weighted by Gasteiger charge is -2.01. The van der Waals surface area contributed by atoms with Gasteiger partial charge in [0.2, 0.25) is 5.89 Å². The van der Waals surface area contributed by atoms with E-state index in [4.69, 9.17) is 4.52 Å². The second-order valence-electron chi connectivity index (χ2n) is 3.00. The Labute approximate surface area is 107 Å². The lowest BCUT2D eigenvalue weighted by Crippen LogP contribution is -2.24. The highest BCUT2D eigenvalue weighted by Crippen LogP contribution is 2.16. The van der Waals surface area contributed by atoms with Gasteiger partial charge in [0.25, 0.3) is 5.56 Å². The average molecular weight is 350 g/mol. The molecule has 0 aliphatic rings. The highest BCUT2D eigenvalue weighted by atomic mass is 79.9. The molecular weight excluding hydrogens is 344 g/mol. The maximum absolute atomic E-state index is 11.7. The van der Waals surface area contributed by atoms with E-state index in [0.717, 1.165) is 0 Å². The molecule has 0 radical (unpaired) electrons. The van der Waals surface area contributed by atoms with E-state index in [1.165, 1.54) is 10.9 Å². The van der Waals surface area contributed by atoms with Crippen LogP contribution in [0.3, 0.4) is 0 Å². The van der Waals surface area contributed by atoms with Crippen LogP contribution in [0, 0.1) is 6.92 Å². The number of hydrogen-bond donors (Lipinski definition) is 0. The van der Waals surface area contributed by atoms with Crippen LogP contribution in [0.5, 0.6) is 0 Å². The van der Waals surface area contributed by atoms with E-state index in [9.17, 15) is 4.79 Å². The fraction of sp³-hybridized carbons (Fsp3) is 0.250. The molecular formula is C8H6Br2N4O2. The molecule has 0 saturated carbocycles. The Hall–Kier alpha value is -1.02. The molecule has 2 aromatic heterocycles. The fourth-order valence-electron chi connectivity index (χ4n) is 1.09. The summed E-state index contributed by atoms with van der Waals surface area (Å²) in [5.41, 5.74) is -0.259. The second-order valence-corrected chi connectivity index (χ2v) is 4.65. The minimum Gasteiger partial charge on any atom is -0.337 e. The fourth-order valence-corrected chi connectivity index (χ4v) is 1.66. The minimum absolute atomic E-state index is 0.158. The van der Waals surface area contributed by atoms with E-state index in [-0.39, 0.29) is 12.1 Å². The van der Waals surface area contributed by atoms with Gasteiger partial charge < -0.3 is 4.52 Å². The van der Waals surface area contributed by atoms with Crippen molar-refractivity contribution in [1.29, 1.82) is 0 Å². The molecule has 0 amide bonds. The number of hydrogen-bond acceptors (Lipinski definition) is 5. The van der Waals surface area contributed by atoms with Crippen molar-refractivity contribution in [3.8, 4) is 0 Å². The van der Waals surface area contributed by atoms with Gasteiger partial charge in [-0.05, 0) is 38.8 Å². The van der Waals surface area contributed by atoms with Gasteiger partial charge in [-0.15, -0.1) is 0 Å². The molecule has 0 spiro atoms. The van der Waals surface area contributed by atoms with Crippen LogP contribution >= 0.6 is 31.9 Å². The zero-order valence-electron chi connectivity index (χ0n) is 8.15. The third kappa shape index (κ3) is 2.22. The van der Waals surface area contributed by atoms with Crippen molar-refractivity contribution in [1.82, 2.24) is 19.9 Å². The Bertz CT molecular complexity index is 578. The van der Waals surface area contributed by atoms with Gasteiger partial charge in [-0.3, -0.25) is 4.79 Å². The van der Waals surface area contributed by atoms with Crippen molar-refractivity contribution in [2.24, 2.45) is 0 Å². The summed E-state index contributed by atoms with van der Waals surface area (Å²) in [6.07, 6.45) is 1.52. The maximum atomic E-state index is 11.7. The van der Waals surface area contributed by atoms with Crippen LogP contribution in [0.4, 0.5) is 0 Å². The van der Waals surface area contributed by atoms with Crippen molar-refractivity contribution in [3.63, 3.8) is 0 Å². The van der Waals surface area contributed by atoms with Gasteiger partial charge in [0, 0.05) is 0 Å². The van der Waals surface area contributed by atoms with Gasteiger partial charge in [-0.2, -0.15) is 10.1 Å². The Morgan fingerprint density at radius 2 is 2.25 bits per heavy atom. The van der Waals surface area contributed by atoms with Gasteiger partial charge in [0.1, 0.15) is 11.0 Å². The summed E-state index contributed by atoms with van der Waals surface area (Å²) in [6, 6.07) is 0. The molecule has 0 aliphatic carbocycles. The van der Waals surface area contributed by atoms with Crippen LogP contribution in [0.2, 0.25) is 0 Å². The zero-order valence-corrected chi connectivity index (χ0v) is 11.3. The first-order valence-corrected chi connectivity index (χ1v) is 5.87. The summed E-state index contributed by atoms with van der Waals surface area (Å²) in [5.74, 6) is 0.876. The molecule has 0 bridgehead atoms. The van der Waals surface area contributed by atoms with Crippen LogP contribution < -0.4 is 5.56 Å². The number of halogens is 2. The van der Waals surface area contributed by atoms with E-state index in [0.29, 0.717) is 20.7 Å². The predicted molar refractivity (Wildman–Crippen MR) is 62.0 cm³/mol. The van der Waals surface area contributed by atoms with Gasteiger partial charge in [0.05, 0.1) is 10.7 Å². The first kappa shape index (κ1) is 11.5. The monoisotopic (exact) mass is 348 g/mol. The van der Waals surface area contributed by atoms with Crippen molar-refractivity contribution in [2.45, 2.75) is 13.5 Å². The molecule has 2 heterocycles. The largest absolute Gasteiger partial charge is 0.337 e. The molecule has 6 nitrogen and oxygen atoms in total. The Balaban J connectivity index is 2.36. The average Bonchev–Trinajstić information content (AvgIpc) is 2.65. The lowest BCUT2D eigenvalue weighted by atomic mass is 10.5. The third-order valence-electron chi connectivity index (χ3n) is 1.80. The smallest absolute Gasteiger partial charge is 0.282 e. The molecule has 0 aliphatic heterocycles. The highest BCUT2D eigenvalue weighted by Gasteiger charge is 2.10. The Morgan fingerprint density at radius 1 is 1.50 bits per heavy atom. The molecule has 2 rings (SSSR count). The van der Waals surface area contributed by atoms with Crippen LogP contribution in [-0.2, 0) is 6.54 Å². The maximum Gasteiger partial charge on any atom is 0.282 e. The van der Waals surface area contributed by atoms with Gasteiger partial charge in [-0.1, -0.05) is 5.16 Å². The summed E-state index contributed by atoms with van der Waals surface area (Å²) >= 11 is 6.36. The van der Waals surface area contributed by atoms with Crippen molar-refractivity contribution >= 4 is 31.9 Å². The molecule has 0 saturated heterocycles. The predicted octanol–water partition coefficient (Wildman–Crippen LogP) is 1.51. The van der Waals surface area contributed by atoms with E-state index in [1.54, 1.807) is 6.92 Å². The number of nitrogens with zero attached hydrogens (tertiary/aromatic N) is 4. The molecule has 16 heavy (non-hydrogen) atoms. The molecule has 0 aromatic carbocycles. The van der Waals surface area contributed by atoms with Crippen LogP contribution in [0.1, 0.15) is 11.7 Å². The molecule has 0 atom stereocenters. The summed E-state index contributed by atoms with van der Waals surface area (Å²) in [7, 11) is 0. The van der Waals surface area contributed by atoms with Crippen LogP contribution in [-0.4, -0.2) is 19.9 Å². The molecule has 0 fully saturated rings. The van der Waals surface area contributed by atoms with E-state index in [2.05, 4.69) is 47.1 Å². The zero-order chi connectivity index (χ0) is 11.7. The number of aryl methyl sites for hydroxylation is 1. The van der Waals surface area contributed by atoms with E-state index < -0.39 is 0 Å². The third-order valence-corrected chi connectivity index (χ3v) is 3.70. The molecule has 8 heteroatoms. The highest BCUT2D eigenvalue weighted by molar-refractivity contribution is 9.13. The first-order chi connectivity index (χ1) is 7.58. The lowest BCUT2D eigenvalue weighted by molar-refractivity contribution is 0.359. The van der Waals surface area contributed by atoms with Crippen LogP contribution in [0.15, 0.2) is 24.5 Å². The van der Waals surface area contributed by atoms with Gasteiger partial charge in [-0.25, -0.2) is 4.68 Å². The van der Waals surface area contributed by atoms with E-state index >= 15 is 0 Å². The SMILES string of the molecule is Cc1noc(Cn2ncc(Br)c(Br)c2=O)n1. The van der Waals surface area contributed by atoms with Crippen LogP contribution in [0.25, 0.3) is 0 Å². The normalized spacial score (nSPS) is 10.7. The van der Waals surface area contributed by atoms with E-state index in [1.807, 2.05) is 0 Å². The summed E-state index contributed by atoms with van der Waals surface area (Å²) in [6.45, 7) is 1.87. The standard InChI is InChI=1S/C8H6Br2N4O2/c1-4-12-6(16-13-4)3-14-8(15)7(10)5(9)2-11-14/h2H,3H2,1H3. The topological polar surface area (TPSA) is 73.8 Å². The molecule has 2 aromatic rings. The molecule has 0 unspecified atom stereocenters. The number of rotatable bonds is 2. The number of aromatic nitrogens is 4. The molecule has 0 N–H and O–H groups in total. The van der Waals surface area contributed by atoms with Crippen molar-refractivity contribution < 1.29 is 4.52 Å². The van der Waals surface area contributed by atoms with Gasteiger partial charge >= 0.3 is 0 Å². The minimum atomic E-state index is -0.259. The van der Waals surface area contributed by atoms with Crippen molar-refractivity contribution in [3.05, 3.63) is 37.2 Å². The first-order valence-electron chi connectivity index (χ1n) is 4.28. The van der Waals surface area contributed by atoms with Crippen molar-refractivity contribution in [2.75, 3.05) is 0 Å². The molecule has 84 valence electrons. The Morgan fingerprint density at radius 3 is 2.88 bits per heavy atom. The Kier molecular flexibility index (Phi) is 3.20. The second kappa shape index (κ2) is 4.46. The summed E-state index contributed by atoms with van der Waals surface area (Å²) in [5, 5.41) is 7.57. The summed E-state index contributed by atoms with van der Waals surface area (Å²) in [4.78, 5) is 15.7. The summed E-state index contributed by atoms with van der Waals surface area (Å²) < 4.78 is 7.17.